The minimum atomic E-state index is -5.06. The quantitative estimate of drug-likeness (QED) is 0.402. The van der Waals surface area contributed by atoms with Crippen LogP contribution in [0.25, 0.3) is 0 Å². The average Bonchev–Trinajstić information content (AvgIpc) is 1.80. The van der Waals surface area contributed by atoms with Crippen LogP contribution in [-0.4, -0.2) is 25.4 Å². The SMILES string of the molecule is C=C(C)OP(=O)(O)C(O)P(=O)(O)O. The minimum absolute atomic E-state index is 0.224. The van der Waals surface area contributed by atoms with Crippen LogP contribution in [0.5, 0.6) is 0 Å². The van der Waals surface area contributed by atoms with Crippen molar-refractivity contribution in [1.82, 2.24) is 0 Å². The van der Waals surface area contributed by atoms with Gasteiger partial charge < -0.3 is 24.3 Å². The zero-order valence-corrected chi connectivity index (χ0v) is 8.48. The molecule has 0 saturated heterocycles. The van der Waals surface area contributed by atoms with Gasteiger partial charge in [-0.1, -0.05) is 6.58 Å². The molecule has 0 aliphatic rings. The number of aliphatic hydroxyl groups is 1. The van der Waals surface area contributed by atoms with Gasteiger partial charge >= 0.3 is 15.2 Å². The van der Waals surface area contributed by atoms with Crippen LogP contribution in [0.4, 0.5) is 0 Å². The summed E-state index contributed by atoms with van der Waals surface area (Å²) in [5.41, 5.74) is -2.74. The Kier molecular flexibility index (Phi) is 3.87. The summed E-state index contributed by atoms with van der Waals surface area (Å²) in [5, 5.41) is 8.72. The molecule has 0 bridgehead atoms. The molecule has 0 aromatic carbocycles. The third-order valence-electron chi connectivity index (χ3n) is 0.879. The van der Waals surface area contributed by atoms with E-state index in [0.717, 1.165) is 0 Å². The standard InChI is InChI=1S/C4H10O7P2/c1-3(2)11-13(9,10)4(5)12(6,7)8/h4-5H,1H2,2H3,(H,9,10)(H2,6,7,8). The molecule has 78 valence electrons. The second-order valence-corrected chi connectivity index (χ2v) is 6.17. The highest BCUT2D eigenvalue weighted by Gasteiger charge is 2.45. The minimum Gasteiger partial charge on any atom is -0.428 e. The van der Waals surface area contributed by atoms with Gasteiger partial charge in [0.1, 0.15) is 0 Å². The van der Waals surface area contributed by atoms with Crippen LogP contribution in [0, 0.1) is 0 Å². The highest BCUT2D eigenvalue weighted by atomic mass is 31.2. The lowest BCUT2D eigenvalue weighted by atomic mass is 10.7. The van der Waals surface area contributed by atoms with E-state index in [1.165, 1.54) is 6.92 Å². The molecule has 0 amide bonds. The van der Waals surface area contributed by atoms with Crippen LogP contribution < -0.4 is 0 Å². The van der Waals surface area contributed by atoms with Gasteiger partial charge in [-0.05, 0) is 6.92 Å². The van der Waals surface area contributed by atoms with E-state index >= 15 is 0 Å². The molecule has 0 aliphatic carbocycles. The maximum Gasteiger partial charge on any atom is 0.417 e. The summed E-state index contributed by atoms with van der Waals surface area (Å²) in [6.45, 7) is 4.29. The van der Waals surface area contributed by atoms with E-state index < -0.39 is 20.8 Å². The predicted octanol–water partition coefficient (Wildman–Crippen LogP) is 0.176. The summed E-state index contributed by atoms with van der Waals surface area (Å²) in [7, 11) is -9.83. The van der Waals surface area contributed by atoms with E-state index in [9.17, 15) is 9.13 Å². The zero-order chi connectivity index (χ0) is 10.9. The van der Waals surface area contributed by atoms with Gasteiger partial charge in [0, 0.05) is 0 Å². The lowest BCUT2D eigenvalue weighted by Gasteiger charge is -2.18. The van der Waals surface area contributed by atoms with Gasteiger partial charge in [-0.2, -0.15) is 0 Å². The number of hydrogen-bond donors (Lipinski definition) is 4. The molecule has 4 N–H and O–H groups in total. The number of hydrogen-bond acceptors (Lipinski definition) is 4. The molecule has 7 nitrogen and oxygen atoms in total. The Morgan fingerprint density at radius 2 is 1.77 bits per heavy atom. The normalized spacial score (nSPS) is 18.8. The van der Waals surface area contributed by atoms with Gasteiger partial charge in [0.15, 0.2) is 0 Å². The fraction of sp³-hybridized carbons (Fsp3) is 0.500. The fourth-order valence-electron chi connectivity index (χ4n) is 0.461. The zero-order valence-electron chi connectivity index (χ0n) is 6.69. The Morgan fingerprint density at radius 1 is 1.38 bits per heavy atom. The van der Waals surface area contributed by atoms with Crippen molar-refractivity contribution in [3.63, 3.8) is 0 Å². The van der Waals surface area contributed by atoms with Crippen LogP contribution in [0.1, 0.15) is 6.92 Å². The first kappa shape index (κ1) is 12.8. The van der Waals surface area contributed by atoms with Gasteiger partial charge in [0.2, 0.25) is 0 Å². The lowest BCUT2D eigenvalue weighted by molar-refractivity contribution is 0.210. The van der Waals surface area contributed by atoms with E-state index in [1.54, 1.807) is 0 Å². The molecule has 2 atom stereocenters. The van der Waals surface area contributed by atoms with Crippen molar-refractivity contribution in [2.75, 3.05) is 0 Å². The Balaban J connectivity index is 4.75. The van der Waals surface area contributed by atoms with Crippen LogP contribution >= 0.6 is 15.2 Å². The summed E-state index contributed by atoms with van der Waals surface area (Å²) in [4.78, 5) is 25.5. The van der Waals surface area contributed by atoms with E-state index in [2.05, 4.69) is 11.1 Å². The van der Waals surface area contributed by atoms with Crippen molar-refractivity contribution < 1.29 is 33.4 Å². The molecular weight excluding hydrogens is 222 g/mol. The predicted molar refractivity (Wildman–Crippen MR) is 43.8 cm³/mol. The first-order valence-corrected chi connectivity index (χ1v) is 6.31. The first-order chi connectivity index (χ1) is 5.57. The van der Waals surface area contributed by atoms with E-state index in [4.69, 9.17) is 19.8 Å². The molecule has 0 fully saturated rings. The van der Waals surface area contributed by atoms with Crippen molar-refractivity contribution in [2.24, 2.45) is 0 Å². The maximum atomic E-state index is 10.9. The molecule has 0 saturated carbocycles. The number of aliphatic hydroxyl groups excluding tert-OH is 1. The molecule has 0 radical (unpaired) electrons. The average molecular weight is 232 g/mol. The van der Waals surface area contributed by atoms with Crippen LogP contribution in [0.15, 0.2) is 12.3 Å². The Hall–Kier alpha value is -0.160. The third kappa shape index (κ3) is 4.04. The first-order valence-electron chi connectivity index (χ1n) is 2.98. The van der Waals surface area contributed by atoms with Crippen LogP contribution in [-0.2, 0) is 13.7 Å². The van der Waals surface area contributed by atoms with Crippen molar-refractivity contribution in [1.29, 1.82) is 0 Å². The molecule has 2 unspecified atom stereocenters. The summed E-state index contributed by atoms with van der Waals surface area (Å²) in [6, 6.07) is 0. The highest BCUT2D eigenvalue weighted by molar-refractivity contribution is 7.70. The largest absolute Gasteiger partial charge is 0.428 e. The Morgan fingerprint density at radius 3 is 2.00 bits per heavy atom. The van der Waals surface area contributed by atoms with Crippen LogP contribution in [0.2, 0.25) is 0 Å². The number of allylic oxidation sites excluding steroid dienone is 1. The molecule has 0 aromatic rings. The topological polar surface area (TPSA) is 124 Å². The molecule has 0 heterocycles. The van der Waals surface area contributed by atoms with E-state index in [0.29, 0.717) is 0 Å². The smallest absolute Gasteiger partial charge is 0.417 e. The van der Waals surface area contributed by atoms with Gasteiger partial charge in [0.25, 0.3) is 5.59 Å². The Labute approximate surface area is 74.4 Å². The van der Waals surface area contributed by atoms with Crippen LogP contribution in [0.3, 0.4) is 0 Å². The van der Waals surface area contributed by atoms with E-state index in [-0.39, 0.29) is 5.76 Å². The molecule has 9 heteroatoms. The number of rotatable bonds is 4. The molecule has 13 heavy (non-hydrogen) atoms. The van der Waals surface area contributed by atoms with Gasteiger partial charge in [-0.15, -0.1) is 0 Å². The van der Waals surface area contributed by atoms with Crippen molar-refractivity contribution in [3.05, 3.63) is 12.3 Å². The van der Waals surface area contributed by atoms with Gasteiger partial charge in [0.05, 0.1) is 5.76 Å². The summed E-state index contributed by atoms with van der Waals surface area (Å²) < 4.78 is 25.4. The fourth-order valence-corrected chi connectivity index (χ4v) is 2.66. The maximum absolute atomic E-state index is 10.9. The molecule has 0 rings (SSSR count). The molecule has 0 spiro atoms. The molecule has 0 aromatic heterocycles. The summed E-state index contributed by atoms with van der Waals surface area (Å²) >= 11 is 0. The lowest BCUT2D eigenvalue weighted by Crippen LogP contribution is -2.09. The second kappa shape index (κ2) is 3.92. The van der Waals surface area contributed by atoms with E-state index in [1.807, 2.05) is 0 Å². The highest BCUT2D eigenvalue weighted by Crippen LogP contribution is 2.62. The van der Waals surface area contributed by atoms with Crippen molar-refractivity contribution in [3.8, 4) is 0 Å². The summed E-state index contributed by atoms with van der Waals surface area (Å²) in [6.07, 6.45) is 0. The van der Waals surface area contributed by atoms with Crippen molar-refractivity contribution in [2.45, 2.75) is 12.5 Å². The molecule has 0 aliphatic heterocycles. The Bertz CT molecular complexity index is 291. The summed E-state index contributed by atoms with van der Waals surface area (Å²) in [5.74, 6) is -0.224. The van der Waals surface area contributed by atoms with Gasteiger partial charge in [-0.25, -0.2) is 4.57 Å². The third-order valence-corrected chi connectivity index (χ3v) is 4.42. The molecular formula is C4H10O7P2. The van der Waals surface area contributed by atoms with Crippen molar-refractivity contribution >= 4 is 15.2 Å². The monoisotopic (exact) mass is 232 g/mol. The second-order valence-electron chi connectivity index (χ2n) is 2.29. The van der Waals surface area contributed by atoms with Gasteiger partial charge in [-0.3, -0.25) is 4.57 Å².